The number of pyridine rings is 1. The van der Waals surface area contributed by atoms with E-state index in [1.807, 2.05) is 30.3 Å². The van der Waals surface area contributed by atoms with E-state index in [0.29, 0.717) is 5.52 Å². The molecular formula is C16H13F2N3O. The molecule has 1 aliphatic rings. The van der Waals surface area contributed by atoms with Crippen LogP contribution in [0, 0.1) is 0 Å². The van der Waals surface area contributed by atoms with Crippen molar-refractivity contribution in [2.75, 3.05) is 13.1 Å². The number of carbonyl (C=O) groups is 1. The van der Waals surface area contributed by atoms with Crippen LogP contribution in [-0.2, 0) is 0 Å². The van der Waals surface area contributed by atoms with Gasteiger partial charge in [0.1, 0.15) is 0 Å². The minimum absolute atomic E-state index is 0.204. The van der Waals surface area contributed by atoms with Gasteiger partial charge in [-0.25, -0.2) is 13.8 Å². The number of aromatic nitrogens is 2. The zero-order valence-corrected chi connectivity index (χ0v) is 11.6. The molecule has 4 rings (SSSR count). The number of nitrogens with zero attached hydrogens (tertiary/aromatic N) is 2. The number of amides is 1. The van der Waals surface area contributed by atoms with Gasteiger partial charge in [0.15, 0.2) is 18.0 Å². The molecular weight excluding hydrogens is 288 g/mol. The number of hydrogen-bond acceptors (Lipinski definition) is 2. The predicted molar refractivity (Wildman–Crippen MR) is 79.3 cm³/mol. The summed E-state index contributed by atoms with van der Waals surface area (Å²) in [5.74, 6) is -0.444. The van der Waals surface area contributed by atoms with E-state index in [-0.39, 0.29) is 18.8 Å². The Hall–Kier alpha value is -2.50. The van der Waals surface area contributed by atoms with Crippen LogP contribution in [0.25, 0.3) is 21.8 Å². The zero-order valence-electron chi connectivity index (χ0n) is 11.6. The Bertz CT molecular complexity index is 866. The first kappa shape index (κ1) is 13.2. The number of fused-ring (bicyclic) bond motifs is 3. The van der Waals surface area contributed by atoms with Crippen LogP contribution < -0.4 is 0 Å². The number of nitrogens with one attached hydrogen (secondary N) is 1. The topological polar surface area (TPSA) is 49.0 Å². The number of H-pyrrole nitrogens is 1. The average molecular weight is 301 g/mol. The van der Waals surface area contributed by atoms with E-state index in [2.05, 4.69) is 9.97 Å². The highest BCUT2D eigenvalue weighted by atomic mass is 19.2. The van der Waals surface area contributed by atoms with Crippen LogP contribution in [-0.4, -0.2) is 46.2 Å². The van der Waals surface area contributed by atoms with Gasteiger partial charge in [0, 0.05) is 22.5 Å². The molecule has 0 saturated carbocycles. The molecule has 1 amide bonds. The second kappa shape index (κ2) is 4.76. The minimum atomic E-state index is -1.62. The highest BCUT2D eigenvalue weighted by Crippen LogP contribution is 2.28. The average Bonchev–Trinajstić information content (AvgIpc) is 3.07. The zero-order chi connectivity index (χ0) is 15.3. The van der Waals surface area contributed by atoms with Gasteiger partial charge in [0.25, 0.3) is 5.91 Å². The third kappa shape index (κ3) is 1.87. The van der Waals surface area contributed by atoms with Gasteiger partial charge in [-0.1, -0.05) is 18.2 Å². The molecule has 0 unspecified atom stereocenters. The molecule has 4 nitrogen and oxygen atoms in total. The Morgan fingerprint density at radius 1 is 1.14 bits per heavy atom. The molecule has 1 fully saturated rings. The molecule has 112 valence electrons. The Balaban J connectivity index is 1.83. The molecule has 0 spiro atoms. The van der Waals surface area contributed by atoms with Crippen LogP contribution in [0.3, 0.4) is 0 Å². The molecule has 1 N–H and O–H groups in total. The number of aromatic amines is 1. The number of hydrogen-bond donors (Lipinski definition) is 1. The second-order valence-electron chi connectivity index (χ2n) is 5.49. The number of likely N-dealkylation sites (tertiary alicyclic amines) is 1. The minimum Gasteiger partial charge on any atom is -0.353 e. The summed E-state index contributed by atoms with van der Waals surface area (Å²) in [5.41, 5.74) is 1.70. The summed E-state index contributed by atoms with van der Waals surface area (Å²) in [7, 11) is 0. The molecule has 1 saturated heterocycles. The molecule has 1 aromatic carbocycles. The van der Waals surface area contributed by atoms with Gasteiger partial charge in [-0.3, -0.25) is 4.79 Å². The van der Waals surface area contributed by atoms with Gasteiger partial charge >= 0.3 is 0 Å². The summed E-state index contributed by atoms with van der Waals surface area (Å²) >= 11 is 0. The predicted octanol–water partition coefficient (Wildman–Crippen LogP) is 2.85. The van der Waals surface area contributed by atoms with Crippen molar-refractivity contribution >= 4 is 27.7 Å². The van der Waals surface area contributed by atoms with Crippen molar-refractivity contribution in [3.63, 3.8) is 0 Å². The number of para-hydroxylation sites is 1. The van der Waals surface area contributed by atoms with Crippen molar-refractivity contribution in [3.8, 4) is 0 Å². The lowest BCUT2D eigenvalue weighted by Crippen LogP contribution is -2.30. The number of benzene rings is 1. The van der Waals surface area contributed by atoms with Gasteiger partial charge < -0.3 is 9.88 Å². The van der Waals surface area contributed by atoms with Crippen molar-refractivity contribution < 1.29 is 13.6 Å². The number of alkyl halides is 2. The van der Waals surface area contributed by atoms with Gasteiger partial charge in [-0.15, -0.1) is 0 Å². The second-order valence-corrected chi connectivity index (χ2v) is 5.49. The summed E-state index contributed by atoms with van der Waals surface area (Å²) in [6.45, 7) is -0.448. The SMILES string of the molecule is O=C(c1nccc2c1[nH]c1ccccc12)N1C[C@@H](F)[C@@H](F)C1. The van der Waals surface area contributed by atoms with Crippen LogP contribution in [0.1, 0.15) is 10.5 Å². The molecule has 3 aromatic rings. The van der Waals surface area contributed by atoms with Crippen LogP contribution in [0.4, 0.5) is 8.78 Å². The van der Waals surface area contributed by atoms with Crippen molar-refractivity contribution in [3.05, 3.63) is 42.2 Å². The van der Waals surface area contributed by atoms with E-state index in [0.717, 1.165) is 16.3 Å². The van der Waals surface area contributed by atoms with Crippen LogP contribution in [0.5, 0.6) is 0 Å². The highest BCUT2D eigenvalue weighted by Gasteiger charge is 2.36. The van der Waals surface area contributed by atoms with E-state index >= 15 is 0 Å². The Kier molecular flexibility index (Phi) is 2.85. The molecule has 22 heavy (non-hydrogen) atoms. The Labute approximate surface area is 124 Å². The van der Waals surface area contributed by atoms with Crippen LogP contribution >= 0.6 is 0 Å². The van der Waals surface area contributed by atoms with E-state index in [1.165, 1.54) is 4.90 Å². The fourth-order valence-corrected chi connectivity index (χ4v) is 2.98. The van der Waals surface area contributed by atoms with Crippen molar-refractivity contribution in [2.45, 2.75) is 12.3 Å². The van der Waals surface area contributed by atoms with E-state index in [1.54, 1.807) is 6.20 Å². The van der Waals surface area contributed by atoms with E-state index in [4.69, 9.17) is 0 Å². The lowest BCUT2D eigenvalue weighted by molar-refractivity contribution is 0.0775. The fourth-order valence-electron chi connectivity index (χ4n) is 2.98. The molecule has 3 heterocycles. The van der Waals surface area contributed by atoms with Gasteiger partial charge in [0.2, 0.25) is 0 Å². The Morgan fingerprint density at radius 2 is 1.86 bits per heavy atom. The van der Waals surface area contributed by atoms with Crippen molar-refractivity contribution in [2.24, 2.45) is 0 Å². The summed E-state index contributed by atoms with van der Waals surface area (Å²) in [6.07, 6.45) is -1.69. The lowest BCUT2D eigenvalue weighted by atomic mass is 10.1. The molecule has 0 bridgehead atoms. The lowest BCUT2D eigenvalue weighted by Gasteiger charge is -2.14. The molecule has 2 aromatic heterocycles. The van der Waals surface area contributed by atoms with Crippen molar-refractivity contribution in [1.82, 2.24) is 14.9 Å². The van der Waals surface area contributed by atoms with Gasteiger partial charge in [-0.2, -0.15) is 0 Å². The van der Waals surface area contributed by atoms with Crippen LogP contribution in [0.2, 0.25) is 0 Å². The van der Waals surface area contributed by atoms with Crippen molar-refractivity contribution in [1.29, 1.82) is 0 Å². The molecule has 1 aliphatic heterocycles. The number of halogens is 2. The summed E-state index contributed by atoms with van der Waals surface area (Å²) in [5, 5.41) is 1.86. The van der Waals surface area contributed by atoms with Gasteiger partial charge in [0.05, 0.1) is 18.6 Å². The summed E-state index contributed by atoms with van der Waals surface area (Å²) in [6, 6.07) is 9.50. The standard InChI is InChI=1S/C16H13F2N3O/c17-11-7-21(8-12(11)18)16(22)15-14-10(5-6-19-15)9-3-1-2-4-13(9)20-14/h1-6,11-12,20H,7-8H2/t11-,12+. The fraction of sp³-hybridized carbons (Fsp3) is 0.250. The Morgan fingerprint density at radius 3 is 2.64 bits per heavy atom. The molecule has 6 heteroatoms. The number of rotatable bonds is 1. The maximum atomic E-state index is 13.3. The first-order valence-corrected chi connectivity index (χ1v) is 7.08. The highest BCUT2D eigenvalue weighted by molar-refractivity contribution is 6.13. The summed E-state index contributed by atoms with van der Waals surface area (Å²) < 4.78 is 26.7. The van der Waals surface area contributed by atoms with E-state index < -0.39 is 18.3 Å². The maximum Gasteiger partial charge on any atom is 0.274 e. The first-order valence-electron chi connectivity index (χ1n) is 7.08. The summed E-state index contributed by atoms with van der Waals surface area (Å²) in [4.78, 5) is 21.0. The van der Waals surface area contributed by atoms with E-state index in [9.17, 15) is 13.6 Å². The number of carbonyl (C=O) groups excluding carboxylic acids is 1. The monoisotopic (exact) mass is 301 g/mol. The molecule has 0 aliphatic carbocycles. The third-order valence-electron chi connectivity index (χ3n) is 4.10. The van der Waals surface area contributed by atoms with Gasteiger partial charge in [-0.05, 0) is 12.1 Å². The normalized spacial score (nSPS) is 21.8. The first-order chi connectivity index (χ1) is 10.6. The quantitative estimate of drug-likeness (QED) is 0.751. The third-order valence-corrected chi connectivity index (χ3v) is 4.10. The molecule has 0 radical (unpaired) electrons. The maximum absolute atomic E-state index is 13.3. The molecule has 2 atom stereocenters. The largest absolute Gasteiger partial charge is 0.353 e. The smallest absolute Gasteiger partial charge is 0.274 e. The van der Waals surface area contributed by atoms with Crippen LogP contribution in [0.15, 0.2) is 36.5 Å².